The highest BCUT2D eigenvalue weighted by molar-refractivity contribution is 7.99. The van der Waals surface area contributed by atoms with E-state index in [1.807, 2.05) is 6.07 Å². The van der Waals surface area contributed by atoms with Gasteiger partial charge in [0.1, 0.15) is 0 Å². The van der Waals surface area contributed by atoms with E-state index in [1.165, 1.54) is 0 Å². The van der Waals surface area contributed by atoms with Crippen LogP contribution in [-0.4, -0.2) is 41.4 Å². The first-order valence-corrected chi connectivity index (χ1v) is 8.24. The smallest absolute Gasteiger partial charge is 0.306 e. The molecule has 1 aromatic carbocycles. The maximum Gasteiger partial charge on any atom is 0.306 e. The Morgan fingerprint density at radius 1 is 1.50 bits per heavy atom. The van der Waals surface area contributed by atoms with E-state index >= 15 is 0 Å². The van der Waals surface area contributed by atoms with Crippen molar-refractivity contribution in [3.63, 3.8) is 0 Å². The molecule has 2 rings (SSSR count). The molecule has 0 amide bonds. The number of halogens is 2. The molecule has 0 bridgehead atoms. The summed E-state index contributed by atoms with van der Waals surface area (Å²) in [7, 11) is 0. The number of rotatable bonds is 6. The number of carboxylic acid groups (broad SMARTS) is 1. The standard InChI is InChI=1S/C14H17Cl2NO2S/c1-9(14(18)19)10-7-17(8-10)4-5-20-13-6-11(15)2-3-12(13)16/h2-3,6,9-10H,4-5,7-8H2,1H3,(H,18,19). The topological polar surface area (TPSA) is 40.5 Å². The molecule has 20 heavy (non-hydrogen) atoms. The number of nitrogens with zero attached hydrogens (tertiary/aromatic N) is 1. The number of carbonyl (C=O) groups is 1. The van der Waals surface area contributed by atoms with Gasteiger partial charge in [0.25, 0.3) is 0 Å². The second-order valence-electron chi connectivity index (χ2n) is 5.07. The zero-order valence-corrected chi connectivity index (χ0v) is 13.5. The molecule has 0 aromatic heterocycles. The zero-order chi connectivity index (χ0) is 14.7. The fraction of sp³-hybridized carbons (Fsp3) is 0.500. The van der Waals surface area contributed by atoms with Crippen LogP contribution in [0.2, 0.25) is 10.0 Å². The Morgan fingerprint density at radius 3 is 2.85 bits per heavy atom. The number of hydrogen-bond donors (Lipinski definition) is 1. The average Bonchev–Trinajstić information content (AvgIpc) is 2.35. The number of aliphatic carboxylic acids is 1. The summed E-state index contributed by atoms with van der Waals surface area (Å²) in [5.41, 5.74) is 0. The van der Waals surface area contributed by atoms with Crippen LogP contribution in [-0.2, 0) is 4.79 Å². The van der Waals surface area contributed by atoms with Crippen molar-refractivity contribution in [3.05, 3.63) is 28.2 Å². The molecule has 0 saturated carbocycles. The summed E-state index contributed by atoms with van der Waals surface area (Å²) in [6, 6.07) is 5.46. The van der Waals surface area contributed by atoms with Crippen molar-refractivity contribution < 1.29 is 9.90 Å². The van der Waals surface area contributed by atoms with E-state index in [0.717, 1.165) is 35.3 Å². The van der Waals surface area contributed by atoms with E-state index in [1.54, 1.807) is 30.8 Å². The van der Waals surface area contributed by atoms with Gasteiger partial charge in [-0.25, -0.2) is 0 Å². The predicted octanol–water partition coefficient (Wildman–Crippen LogP) is 3.74. The third kappa shape index (κ3) is 4.04. The highest BCUT2D eigenvalue weighted by Gasteiger charge is 2.34. The Bertz CT molecular complexity index is 492. The molecule has 1 heterocycles. The van der Waals surface area contributed by atoms with Crippen molar-refractivity contribution in [1.29, 1.82) is 0 Å². The van der Waals surface area contributed by atoms with Crippen LogP contribution in [0.4, 0.5) is 0 Å². The van der Waals surface area contributed by atoms with E-state index in [2.05, 4.69) is 4.90 Å². The van der Waals surface area contributed by atoms with Gasteiger partial charge in [-0.15, -0.1) is 11.8 Å². The molecular formula is C14H17Cl2NO2S. The second kappa shape index (κ2) is 7.03. The molecule has 3 nitrogen and oxygen atoms in total. The van der Waals surface area contributed by atoms with Gasteiger partial charge < -0.3 is 10.0 Å². The highest BCUT2D eigenvalue weighted by Crippen LogP contribution is 2.30. The molecular weight excluding hydrogens is 317 g/mol. The van der Waals surface area contributed by atoms with Gasteiger partial charge in [-0.1, -0.05) is 30.1 Å². The van der Waals surface area contributed by atoms with E-state index in [0.29, 0.717) is 5.02 Å². The number of hydrogen-bond acceptors (Lipinski definition) is 3. The first-order valence-electron chi connectivity index (χ1n) is 6.50. The first-order chi connectivity index (χ1) is 9.47. The minimum atomic E-state index is -0.699. The van der Waals surface area contributed by atoms with Crippen LogP contribution in [0.1, 0.15) is 6.92 Å². The van der Waals surface area contributed by atoms with Crippen molar-refractivity contribution in [1.82, 2.24) is 4.90 Å². The Kier molecular flexibility index (Phi) is 5.61. The summed E-state index contributed by atoms with van der Waals surface area (Å²) in [6.45, 7) is 4.47. The summed E-state index contributed by atoms with van der Waals surface area (Å²) in [5.74, 6) is 0.261. The maximum atomic E-state index is 10.9. The molecule has 1 fully saturated rings. The quantitative estimate of drug-likeness (QED) is 0.805. The first kappa shape index (κ1) is 16.0. The molecule has 0 aliphatic carbocycles. The van der Waals surface area contributed by atoms with Crippen molar-refractivity contribution in [2.75, 3.05) is 25.4 Å². The van der Waals surface area contributed by atoms with E-state index < -0.39 is 5.97 Å². The largest absolute Gasteiger partial charge is 0.481 e. The lowest BCUT2D eigenvalue weighted by atomic mass is 9.87. The van der Waals surface area contributed by atoms with E-state index in [9.17, 15) is 4.79 Å². The predicted molar refractivity (Wildman–Crippen MR) is 83.9 cm³/mol. The molecule has 1 saturated heterocycles. The van der Waals surface area contributed by atoms with Gasteiger partial charge in [0, 0.05) is 35.3 Å². The summed E-state index contributed by atoms with van der Waals surface area (Å²) >= 11 is 13.7. The monoisotopic (exact) mass is 333 g/mol. The number of thioether (sulfide) groups is 1. The molecule has 1 N–H and O–H groups in total. The molecule has 1 unspecified atom stereocenters. The van der Waals surface area contributed by atoms with Gasteiger partial charge >= 0.3 is 5.97 Å². The summed E-state index contributed by atoms with van der Waals surface area (Å²) in [6.07, 6.45) is 0. The van der Waals surface area contributed by atoms with Gasteiger partial charge in [0.15, 0.2) is 0 Å². The SMILES string of the molecule is CC(C(=O)O)C1CN(CCSc2cc(Cl)ccc2Cl)C1. The molecule has 1 aliphatic rings. The Labute approximate surface area is 133 Å². The lowest BCUT2D eigenvalue weighted by Gasteiger charge is -2.41. The van der Waals surface area contributed by atoms with Crippen molar-refractivity contribution in [2.45, 2.75) is 11.8 Å². The van der Waals surface area contributed by atoms with E-state index in [-0.39, 0.29) is 11.8 Å². The van der Waals surface area contributed by atoms with Crippen LogP contribution in [0.15, 0.2) is 23.1 Å². The van der Waals surface area contributed by atoms with Crippen molar-refractivity contribution in [3.8, 4) is 0 Å². The Morgan fingerprint density at radius 2 is 2.20 bits per heavy atom. The fourth-order valence-corrected chi connectivity index (χ4v) is 3.69. The van der Waals surface area contributed by atoms with Crippen LogP contribution in [0.3, 0.4) is 0 Å². The van der Waals surface area contributed by atoms with E-state index in [4.69, 9.17) is 28.3 Å². The highest BCUT2D eigenvalue weighted by atomic mass is 35.5. The molecule has 0 spiro atoms. The van der Waals surface area contributed by atoms with Gasteiger partial charge in [-0.05, 0) is 24.1 Å². The van der Waals surface area contributed by atoms with Crippen LogP contribution in [0, 0.1) is 11.8 Å². The summed E-state index contributed by atoms with van der Waals surface area (Å²) < 4.78 is 0. The fourth-order valence-electron chi connectivity index (χ4n) is 2.18. The molecule has 6 heteroatoms. The average molecular weight is 334 g/mol. The van der Waals surface area contributed by atoms with Crippen LogP contribution in [0.5, 0.6) is 0 Å². The van der Waals surface area contributed by atoms with Gasteiger partial charge in [-0.2, -0.15) is 0 Å². The third-order valence-corrected chi connectivity index (χ3v) is 5.35. The molecule has 0 radical (unpaired) electrons. The third-order valence-electron chi connectivity index (χ3n) is 3.64. The molecule has 1 aromatic rings. The summed E-state index contributed by atoms with van der Waals surface area (Å²) in [4.78, 5) is 14.1. The molecule has 1 aliphatic heterocycles. The Balaban J connectivity index is 1.71. The second-order valence-corrected chi connectivity index (χ2v) is 7.05. The number of benzene rings is 1. The van der Waals surface area contributed by atoms with Crippen LogP contribution < -0.4 is 0 Å². The lowest BCUT2D eigenvalue weighted by molar-refractivity contribution is -0.145. The minimum Gasteiger partial charge on any atom is -0.481 e. The number of carboxylic acids is 1. The van der Waals surface area contributed by atoms with Crippen LogP contribution >= 0.6 is 35.0 Å². The molecule has 1 atom stereocenters. The van der Waals surface area contributed by atoms with Gasteiger partial charge in [0.2, 0.25) is 0 Å². The van der Waals surface area contributed by atoms with Gasteiger partial charge in [-0.3, -0.25) is 4.79 Å². The Hall–Kier alpha value is -0.420. The maximum absolute atomic E-state index is 10.9. The lowest BCUT2D eigenvalue weighted by Crippen LogP contribution is -2.51. The van der Waals surface area contributed by atoms with Crippen molar-refractivity contribution in [2.24, 2.45) is 11.8 Å². The molecule has 110 valence electrons. The zero-order valence-electron chi connectivity index (χ0n) is 11.2. The number of likely N-dealkylation sites (tertiary alicyclic amines) is 1. The van der Waals surface area contributed by atoms with Gasteiger partial charge in [0.05, 0.1) is 10.9 Å². The summed E-state index contributed by atoms with van der Waals surface area (Å²) in [5, 5.41) is 10.3. The van der Waals surface area contributed by atoms with Crippen molar-refractivity contribution >= 4 is 40.9 Å². The minimum absolute atomic E-state index is 0.249. The van der Waals surface area contributed by atoms with Crippen LogP contribution in [0.25, 0.3) is 0 Å². The normalized spacial score (nSPS) is 17.8.